The fourth-order valence-electron chi connectivity index (χ4n) is 1.60. The number of H-pyrrole nitrogens is 1. The number of halogens is 2. The molecule has 0 unspecified atom stereocenters. The third-order valence-electron chi connectivity index (χ3n) is 2.62. The molecule has 0 aliphatic heterocycles. The van der Waals surface area contributed by atoms with E-state index in [-0.39, 0.29) is 27.6 Å². The molecule has 0 aromatic carbocycles. The highest BCUT2D eigenvalue weighted by Crippen LogP contribution is 2.27. The number of nitrogens with one attached hydrogen (secondary N) is 2. The Morgan fingerprint density at radius 3 is 2.45 bits per heavy atom. The van der Waals surface area contributed by atoms with Crippen LogP contribution in [0.5, 0.6) is 0 Å². The standard InChI is InChI=1S/C11H12Cl2N6O/c1-4(2)6-5(14)7(19-18-6)11(20)17-8-9(12)15-3-16-10(8)13/h3-4H,14H2,1-2H3,(H,17,20)(H,18,19). The topological polar surface area (TPSA) is 110 Å². The Labute approximate surface area is 124 Å². The van der Waals surface area contributed by atoms with E-state index in [1.54, 1.807) is 0 Å². The summed E-state index contributed by atoms with van der Waals surface area (Å²) in [6.45, 7) is 3.87. The Kier molecular flexibility index (Phi) is 4.10. The number of aromatic nitrogens is 4. The number of hydrogen-bond acceptors (Lipinski definition) is 5. The number of nitrogen functional groups attached to an aromatic ring is 1. The number of nitrogens with two attached hydrogens (primary N) is 1. The Morgan fingerprint density at radius 2 is 1.95 bits per heavy atom. The average molecular weight is 315 g/mol. The van der Waals surface area contributed by atoms with Gasteiger partial charge in [-0.1, -0.05) is 37.0 Å². The lowest BCUT2D eigenvalue weighted by atomic mass is 10.1. The highest BCUT2D eigenvalue weighted by molar-refractivity contribution is 6.38. The van der Waals surface area contributed by atoms with Gasteiger partial charge < -0.3 is 11.1 Å². The minimum absolute atomic E-state index is 0.0385. The molecule has 0 saturated heterocycles. The first-order valence-corrected chi connectivity index (χ1v) is 6.48. The number of anilines is 2. The molecule has 4 N–H and O–H groups in total. The predicted octanol–water partition coefficient (Wildman–Crippen LogP) is 2.46. The zero-order chi connectivity index (χ0) is 14.9. The molecule has 2 aromatic heterocycles. The summed E-state index contributed by atoms with van der Waals surface area (Å²) in [7, 11) is 0. The van der Waals surface area contributed by atoms with E-state index < -0.39 is 5.91 Å². The third kappa shape index (κ3) is 2.68. The van der Waals surface area contributed by atoms with Crippen LogP contribution in [0.3, 0.4) is 0 Å². The second-order valence-corrected chi connectivity index (χ2v) is 5.05. The fourth-order valence-corrected chi connectivity index (χ4v) is 2.01. The van der Waals surface area contributed by atoms with Crippen LogP contribution in [0, 0.1) is 0 Å². The van der Waals surface area contributed by atoms with E-state index in [1.165, 1.54) is 6.33 Å². The van der Waals surface area contributed by atoms with Crippen molar-refractivity contribution in [2.75, 3.05) is 11.1 Å². The van der Waals surface area contributed by atoms with E-state index in [9.17, 15) is 4.79 Å². The maximum atomic E-state index is 12.1. The lowest BCUT2D eigenvalue weighted by Gasteiger charge is -2.07. The summed E-state index contributed by atoms with van der Waals surface area (Å²) in [5.41, 5.74) is 7.06. The van der Waals surface area contributed by atoms with Gasteiger partial charge in [-0.05, 0) is 5.92 Å². The quantitative estimate of drug-likeness (QED) is 0.754. The number of nitrogens with zero attached hydrogens (tertiary/aromatic N) is 3. The Balaban J connectivity index is 2.29. The summed E-state index contributed by atoms with van der Waals surface area (Å²) >= 11 is 11.7. The molecule has 106 valence electrons. The fraction of sp³-hybridized carbons (Fsp3) is 0.273. The molecule has 2 rings (SSSR count). The van der Waals surface area contributed by atoms with Gasteiger partial charge in [-0.3, -0.25) is 9.89 Å². The van der Waals surface area contributed by atoms with Crippen LogP contribution in [0.4, 0.5) is 11.4 Å². The Hall–Kier alpha value is -1.86. The van der Waals surface area contributed by atoms with E-state index >= 15 is 0 Å². The minimum atomic E-state index is -0.538. The van der Waals surface area contributed by atoms with Crippen LogP contribution in [0.1, 0.15) is 35.9 Å². The number of carbonyl (C=O) groups excluding carboxylic acids is 1. The summed E-state index contributed by atoms with van der Waals surface area (Å²) in [6, 6.07) is 0. The van der Waals surface area contributed by atoms with Crippen LogP contribution in [-0.4, -0.2) is 26.1 Å². The van der Waals surface area contributed by atoms with E-state index in [2.05, 4.69) is 25.5 Å². The molecule has 2 heterocycles. The van der Waals surface area contributed by atoms with Gasteiger partial charge in [0.05, 0.1) is 11.4 Å². The highest BCUT2D eigenvalue weighted by Gasteiger charge is 2.21. The van der Waals surface area contributed by atoms with Crippen molar-refractivity contribution in [1.29, 1.82) is 0 Å². The molecule has 2 aromatic rings. The molecule has 7 nitrogen and oxygen atoms in total. The third-order valence-corrected chi connectivity index (χ3v) is 3.19. The molecule has 9 heteroatoms. The average Bonchev–Trinajstić information content (AvgIpc) is 2.76. The predicted molar refractivity (Wildman–Crippen MR) is 77.1 cm³/mol. The summed E-state index contributed by atoms with van der Waals surface area (Å²) in [4.78, 5) is 19.6. The lowest BCUT2D eigenvalue weighted by Crippen LogP contribution is -2.15. The van der Waals surface area contributed by atoms with Crippen LogP contribution in [0.15, 0.2) is 6.33 Å². The molecule has 0 saturated carbocycles. The zero-order valence-corrected chi connectivity index (χ0v) is 12.2. The van der Waals surface area contributed by atoms with Gasteiger partial charge in [-0.2, -0.15) is 5.10 Å². The molecule has 0 spiro atoms. The number of hydrogen-bond donors (Lipinski definition) is 3. The smallest absolute Gasteiger partial charge is 0.278 e. The first-order chi connectivity index (χ1) is 9.41. The number of aromatic amines is 1. The molecule has 1 amide bonds. The molecule has 0 aliphatic rings. The molecular weight excluding hydrogens is 303 g/mol. The normalized spacial score (nSPS) is 10.8. The molecule has 0 aliphatic carbocycles. The van der Waals surface area contributed by atoms with Crippen LogP contribution >= 0.6 is 23.2 Å². The van der Waals surface area contributed by atoms with Gasteiger partial charge in [0.25, 0.3) is 5.91 Å². The summed E-state index contributed by atoms with van der Waals surface area (Å²) in [5.74, 6) is -0.416. The van der Waals surface area contributed by atoms with E-state index in [0.717, 1.165) is 0 Å². The van der Waals surface area contributed by atoms with Crippen LogP contribution in [0.2, 0.25) is 10.3 Å². The number of carbonyl (C=O) groups is 1. The molecule has 0 radical (unpaired) electrons. The first-order valence-electron chi connectivity index (χ1n) is 5.72. The first kappa shape index (κ1) is 14.5. The van der Waals surface area contributed by atoms with Crippen molar-refractivity contribution in [3.8, 4) is 0 Å². The van der Waals surface area contributed by atoms with Gasteiger partial charge in [0, 0.05) is 0 Å². The maximum absolute atomic E-state index is 12.1. The minimum Gasteiger partial charge on any atom is -0.395 e. The van der Waals surface area contributed by atoms with Crippen LogP contribution < -0.4 is 11.1 Å². The largest absolute Gasteiger partial charge is 0.395 e. The summed E-state index contributed by atoms with van der Waals surface area (Å²) in [6.07, 6.45) is 1.19. The van der Waals surface area contributed by atoms with E-state index in [0.29, 0.717) is 11.4 Å². The maximum Gasteiger partial charge on any atom is 0.278 e. The molecule has 20 heavy (non-hydrogen) atoms. The summed E-state index contributed by atoms with van der Waals surface area (Å²) < 4.78 is 0. The number of rotatable bonds is 3. The van der Waals surface area contributed by atoms with Crippen molar-refractivity contribution in [1.82, 2.24) is 20.2 Å². The number of amides is 1. The Bertz CT molecular complexity index is 634. The summed E-state index contributed by atoms with van der Waals surface area (Å²) in [5, 5.41) is 9.21. The monoisotopic (exact) mass is 314 g/mol. The van der Waals surface area contributed by atoms with Crippen molar-refractivity contribution >= 4 is 40.5 Å². The van der Waals surface area contributed by atoms with Crippen LogP contribution in [0.25, 0.3) is 0 Å². The highest BCUT2D eigenvalue weighted by atomic mass is 35.5. The van der Waals surface area contributed by atoms with E-state index in [4.69, 9.17) is 28.9 Å². The van der Waals surface area contributed by atoms with Gasteiger partial charge in [-0.15, -0.1) is 0 Å². The zero-order valence-electron chi connectivity index (χ0n) is 10.7. The van der Waals surface area contributed by atoms with Gasteiger partial charge in [0.2, 0.25) is 0 Å². The van der Waals surface area contributed by atoms with Crippen molar-refractivity contribution in [3.63, 3.8) is 0 Å². The van der Waals surface area contributed by atoms with Crippen molar-refractivity contribution < 1.29 is 4.79 Å². The van der Waals surface area contributed by atoms with Crippen molar-refractivity contribution in [2.45, 2.75) is 19.8 Å². The van der Waals surface area contributed by atoms with Gasteiger partial charge in [0.1, 0.15) is 12.0 Å². The Morgan fingerprint density at radius 1 is 1.35 bits per heavy atom. The lowest BCUT2D eigenvalue weighted by molar-refractivity contribution is 0.102. The second-order valence-electron chi connectivity index (χ2n) is 4.34. The van der Waals surface area contributed by atoms with Gasteiger partial charge in [-0.25, -0.2) is 9.97 Å². The van der Waals surface area contributed by atoms with Gasteiger partial charge in [0.15, 0.2) is 16.0 Å². The molecule has 0 fully saturated rings. The molecular formula is C11H12Cl2N6O. The second kappa shape index (κ2) is 5.64. The van der Waals surface area contributed by atoms with Crippen LogP contribution in [-0.2, 0) is 0 Å². The van der Waals surface area contributed by atoms with Crippen molar-refractivity contribution in [3.05, 3.63) is 28.0 Å². The van der Waals surface area contributed by atoms with Crippen molar-refractivity contribution in [2.24, 2.45) is 0 Å². The molecule has 0 atom stereocenters. The molecule has 0 bridgehead atoms. The SMILES string of the molecule is CC(C)c1[nH]nc(C(=O)Nc2c(Cl)ncnc2Cl)c1N. The van der Waals surface area contributed by atoms with E-state index in [1.807, 2.05) is 13.8 Å². The van der Waals surface area contributed by atoms with Gasteiger partial charge >= 0.3 is 0 Å².